The van der Waals surface area contributed by atoms with Crippen LogP contribution in [0.4, 0.5) is 14.5 Å². The maximum Gasteiger partial charge on any atom is 0.182 e. The number of nitrogens with zero attached hydrogens (tertiary/aromatic N) is 3. The van der Waals surface area contributed by atoms with E-state index in [9.17, 15) is 0 Å². The average Bonchev–Trinajstić information content (AvgIpc) is 3.44. The Morgan fingerprint density at radius 3 is 2.19 bits per heavy atom. The van der Waals surface area contributed by atoms with Crippen LogP contribution >= 0.6 is 0 Å². The summed E-state index contributed by atoms with van der Waals surface area (Å²) in [6, 6.07) is 3.58. The van der Waals surface area contributed by atoms with Gasteiger partial charge in [0, 0.05) is 50.0 Å². The summed E-state index contributed by atoms with van der Waals surface area (Å²) >= 11 is 0. The van der Waals surface area contributed by atoms with Gasteiger partial charge in [-0.15, -0.1) is 0 Å². The van der Waals surface area contributed by atoms with Gasteiger partial charge in [-0.3, -0.25) is 4.68 Å². The molecular weight excluding hydrogens is 454 g/mol. The number of likely N-dealkylation sites (tertiary alicyclic amines) is 1. The van der Waals surface area contributed by atoms with Gasteiger partial charge in [0.05, 0.1) is 11.4 Å². The van der Waals surface area contributed by atoms with E-state index in [1.54, 1.807) is 30.1 Å². The first-order valence-electron chi connectivity index (χ1n) is 14.1. The Balaban J connectivity index is 1.21. The largest absolute Gasteiger partial charge is 0.380 e. The Kier molecular flexibility index (Phi) is 7.19. The maximum atomic E-state index is 15.1. The van der Waals surface area contributed by atoms with Crippen molar-refractivity contribution in [1.82, 2.24) is 14.7 Å². The molecule has 4 nitrogen and oxygen atoms in total. The lowest BCUT2D eigenvalue weighted by molar-refractivity contribution is 0.112. The number of rotatable bonds is 6. The molecule has 198 valence electrons. The molecule has 0 bridgehead atoms. The van der Waals surface area contributed by atoms with E-state index in [0.717, 1.165) is 37.8 Å². The molecule has 2 aliphatic carbocycles. The standard InChI is InChI=1S/C30H44F2N4/c1-6-30(13-19(2)7-8-20(3)14-30)18-36-15-22-11-24(12-23(22)16-36)33-27-10-9-25(28(31)29(27)32)26-17-35(5)34-21(26)4/h9-10,17,19-20,22-24,33H,6-8,11-16,18H2,1-5H3/t19?,20?,22-,23+,24-,30?. The van der Waals surface area contributed by atoms with Crippen molar-refractivity contribution in [3.63, 3.8) is 0 Å². The van der Waals surface area contributed by atoms with Crippen molar-refractivity contribution in [3.8, 4) is 11.1 Å². The summed E-state index contributed by atoms with van der Waals surface area (Å²) in [5, 5.41) is 7.63. The van der Waals surface area contributed by atoms with E-state index >= 15 is 8.78 Å². The van der Waals surface area contributed by atoms with Gasteiger partial charge in [0.1, 0.15) is 0 Å². The molecule has 1 saturated heterocycles. The van der Waals surface area contributed by atoms with Gasteiger partial charge in [0.25, 0.3) is 0 Å². The number of hydrogen-bond donors (Lipinski definition) is 1. The van der Waals surface area contributed by atoms with Gasteiger partial charge in [-0.25, -0.2) is 8.78 Å². The van der Waals surface area contributed by atoms with Gasteiger partial charge in [0.15, 0.2) is 11.6 Å². The van der Waals surface area contributed by atoms with E-state index in [-0.39, 0.29) is 17.3 Å². The van der Waals surface area contributed by atoms with Gasteiger partial charge in [0.2, 0.25) is 0 Å². The molecular formula is C30H44F2N4. The predicted molar refractivity (Wildman–Crippen MR) is 143 cm³/mol. The van der Waals surface area contributed by atoms with Crippen molar-refractivity contribution in [1.29, 1.82) is 0 Å². The lowest BCUT2D eigenvalue weighted by Crippen LogP contribution is -2.38. The Morgan fingerprint density at radius 2 is 1.64 bits per heavy atom. The minimum Gasteiger partial charge on any atom is -0.380 e. The van der Waals surface area contributed by atoms with Crippen LogP contribution in [0.3, 0.4) is 0 Å². The molecule has 2 aromatic rings. The summed E-state index contributed by atoms with van der Waals surface area (Å²) in [6.07, 6.45) is 10.6. The lowest BCUT2D eigenvalue weighted by atomic mass is 9.73. The van der Waals surface area contributed by atoms with Crippen molar-refractivity contribution >= 4 is 5.69 Å². The molecule has 5 rings (SSSR count). The Morgan fingerprint density at radius 1 is 1.00 bits per heavy atom. The fourth-order valence-electron chi connectivity index (χ4n) is 7.94. The van der Waals surface area contributed by atoms with E-state index in [2.05, 4.69) is 36.1 Å². The van der Waals surface area contributed by atoms with E-state index in [1.807, 2.05) is 6.92 Å². The molecule has 2 heterocycles. The van der Waals surface area contributed by atoms with Gasteiger partial charge in [-0.1, -0.05) is 33.6 Å². The summed E-state index contributed by atoms with van der Waals surface area (Å²) in [5.74, 6) is 1.39. The molecule has 0 spiro atoms. The van der Waals surface area contributed by atoms with Crippen LogP contribution in [0, 0.1) is 47.6 Å². The zero-order valence-electron chi connectivity index (χ0n) is 22.8. The van der Waals surface area contributed by atoms with E-state index < -0.39 is 11.6 Å². The van der Waals surface area contributed by atoms with Crippen molar-refractivity contribution in [3.05, 3.63) is 35.7 Å². The van der Waals surface area contributed by atoms with E-state index in [4.69, 9.17) is 0 Å². The Labute approximate surface area is 215 Å². The number of aromatic nitrogens is 2. The van der Waals surface area contributed by atoms with Crippen LogP contribution in [0.2, 0.25) is 0 Å². The molecule has 1 aromatic carbocycles. The molecule has 2 saturated carbocycles. The Hall–Kier alpha value is -1.95. The molecule has 6 heteroatoms. The van der Waals surface area contributed by atoms with Gasteiger partial charge >= 0.3 is 0 Å². The van der Waals surface area contributed by atoms with Crippen LogP contribution in [0.15, 0.2) is 18.3 Å². The molecule has 0 amide bonds. The SMILES string of the molecule is CCC1(CN2C[C@H]3C[C@@H](Nc4ccc(-c5cn(C)nc5C)c(F)c4F)C[C@H]3C2)CC(C)CCC(C)C1. The smallest absolute Gasteiger partial charge is 0.182 e. The zero-order chi connectivity index (χ0) is 25.6. The van der Waals surface area contributed by atoms with Crippen LogP contribution in [0.5, 0.6) is 0 Å². The number of hydrogen-bond acceptors (Lipinski definition) is 3. The summed E-state index contributed by atoms with van der Waals surface area (Å²) in [4.78, 5) is 2.74. The van der Waals surface area contributed by atoms with Crippen molar-refractivity contribution in [2.75, 3.05) is 25.0 Å². The highest BCUT2D eigenvalue weighted by Crippen LogP contribution is 2.46. The molecule has 3 aliphatic rings. The van der Waals surface area contributed by atoms with Crippen molar-refractivity contribution in [2.24, 2.45) is 36.1 Å². The number of halogens is 2. The lowest BCUT2D eigenvalue weighted by Gasteiger charge is -2.38. The third-order valence-electron chi connectivity index (χ3n) is 9.60. The molecule has 3 fully saturated rings. The van der Waals surface area contributed by atoms with Crippen molar-refractivity contribution in [2.45, 2.75) is 78.7 Å². The monoisotopic (exact) mass is 498 g/mol. The third kappa shape index (κ3) is 5.07. The highest BCUT2D eigenvalue weighted by atomic mass is 19.2. The molecule has 1 aliphatic heterocycles. The van der Waals surface area contributed by atoms with Gasteiger partial charge in [-0.05, 0) is 80.2 Å². The quantitative estimate of drug-likeness (QED) is 0.434. The first-order valence-corrected chi connectivity index (χ1v) is 14.1. The second-order valence-electron chi connectivity index (χ2n) is 12.7. The number of aryl methyl sites for hydroxylation is 2. The fraction of sp³-hybridized carbons (Fsp3) is 0.700. The minimum atomic E-state index is -0.794. The summed E-state index contributed by atoms with van der Waals surface area (Å²) in [7, 11) is 1.79. The molecule has 1 aromatic heterocycles. The Bertz CT molecular complexity index is 1050. The number of anilines is 1. The second-order valence-corrected chi connectivity index (χ2v) is 12.7. The van der Waals surface area contributed by atoms with Crippen molar-refractivity contribution < 1.29 is 8.78 Å². The summed E-state index contributed by atoms with van der Waals surface area (Å²) in [5.41, 5.74) is 2.35. The first-order chi connectivity index (χ1) is 17.2. The van der Waals surface area contributed by atoms with Crippen LogP contribution in [-0.4, -0.2) is 40.4 Å². The molecule has 2 unspecified atom stereocenters. The van der Waals surface area contributed by atoms with Crippen LogP contribution in [0.1, 0.15) is 71.4 Å². The van der Waals surface area contributed by atoms with Crippen LogP contribution in [0.25, 0.3) is 11.1 Å². The summed E-state index contributed by atoms with van der Waals surface area (Å²) < 4.78 is 31.7. The first kappa shape index (κ1) is 25.7. The highest BCUT2D eigenvalue weighted by Gasteiger charge is 2.44. The third-order valence-corrected chi connectivity index (χ3v) is 9.60. The normalized spacial score (nSPS) is 33.0. The molecule has 5 atom stereocenters. The topological polar surface area (TPSA) is 33.1 Å². The second kappa shape index (κ2) is 10.1. The molecule has 1 N–H and O–H groups in total. The highest BCUT2D eigenvalue weighted by molar-refractivity contribution is 5.68. The molecule has 0 radical (unpaired) electrons. The van der Waals surface area contributed by atoms with Crippen LogP contribution < -0.4 is 5.32 Å². The van der Waals surface area contributed by atoms with Gasteiger partial charge < -0.3 is 10.2 Å². The number of benzene rings is 1. The van der Waals surface area contributed by atoms with Crippen LogP contribution in [-0.2, 0) is 7.05 Å². The maximum absolute atomic E-state index is 15.1. The molecule has 36 heavy (non-hydrogen) atoms. The number of fused-ring (bicyclic) bond motifs is 1. The number of nitrogens with one attached hydrogen (secondary N) is 1. The zero-order valence-corrected chi connectivity index (χ0v) is 22.8. The van der Waals surface area contributed by atoms with E-state index in [0.29, 0.717) is 28.5 Å². The average molecular weight is 499 g/mol. The minimum absolute atomic E-state index is 0.208. The predicted octanol–water partition coefficient (Wildman–Crippen LogP) is 7.04. The van der Waals surface area contributed by atoms with Gasteiger partial charge in [-0.2, -0.15) is 5.10 Å². The summed E-state index contributed by atoms with van der Waals surface area (Å²) in [6.45, 7) is 12.7. The van der Waals surface area contributed by atoms with E-state index in [1.165, 1.54) is 38.6 Å². The fourth-order valence-corrected chi connectivity index (χ4v) is 7.94.